The van der Waals surface area contributed by atoms with Crippen molar-refractivity contribution in [2.24, 2.45) is 0 Å². The van der Waals surface area contributed by atoms with Gasteiger partial charge in [-0.25, -0.2) is 0 Å². The van der Waals surface area contributed by atoms with E-state index in [9.17, 15) is 0 Å². The van der Waals surface area contributed by atoms with Crippen molar-refractivity contribution in [1.82, 2.24) is 5.32 Å². The number of aryl methyl sites for hydroxylation is 1. The van der Waals surface area contributed by atoms with Gasteiger partial charge in [-0.3, -0.25) is 0 Å². The summed E-state index contributed by atoms with van der Waals surface area (Å²) >= 11 is 3.52. The molecule has 0 heterocycles. The molecule has 2 aromatic rings. The van der Waals surface area contributed by atoms with Crippen LogP contribution >= 0.6 is 15.9 Å². The predicted octanol–water partition coefficient (Wildman–Crippen LogP) is 3.67. The van der Waals surface area contributed by atoms with Crippen molar-refractivity contribution in [3.05, 3.63) is 63.6 Å². The number of halogens is 1. The van der Waals surface area contributed by atoms with Crippen LogP contribution in [0.25, 0.3) is 0 Å². The Bertz CT molecular complexity index is 535. The summed E-state index contributed by atoms with van der Waals surface area (Å²) in [7, 11) is 0. The van der Waals surface area contributed by atoms with Gasteiger partial charge in [-0.15, -0.1) is 0 Å². The van der Waals surface area contributed by atoms with Gasteiger partial charge in [0, 0.05) is 16.7 Å². The van der Waals surface area contributed by atoms with Gasteiger partial charge in [0.25, 0.3) is 0 Å². The average Bonchev–Trinajstić information content (AvgIpc) is 2.40. The largest absolute Gasteiger partial charge is 0.399 e. The summed E-state index contributed by atoms with van der Waals surface area (Å²) in [6, 6.07) is 14.4. The van der Waals surface area contributed by atoms with Crippen LogP contribution in [-0.2, 0) is 13.0 Å². The first-order chi connectivity index (χ1) is 9.15. The van der Waals surface area contributed by atoms with E-state index in [1.54, 1.807) is 0 Å². The first kappa shape index (κ1) is 14.1. The maximum atomic E-state index is 5.66. The number of nitrogens with two attached hydrogens (primary N) is 1. The Balaban J connectivity index is 1.80. The van der Waals surface area contributed by atoms with Crippen molar-refractivity contribution in [3.63, 3.8) is 0 Å². The Hall–Kier alpha value is -1.32. The van der Waals surface area contributed by atoms with E-state index in [1.165, 1.54) is 16.7 Å². The van der Waals surface area contributed by atoms with Crippen LogP contribution in [0.1, 0.15) is 16.7 Å². The molecule has 0 spiro atoms. The third kappa shape index (κ3) is 4.37. The van der Waals surface area contributed by atoms with Gasteiger partial charge in [-0.2, -0.15) is 0 Å². The monoisotopic (exact) mass is 318 g/mol. The quantitative estimate of drug-likeness (QED) is 0.652. The normalized spacial score (nSPS) is 10.6. The van der Waals surface area contributed by atoms with Crippen LogP contribution in [0.3, 0.4) is 0 Å². The molecule has 0 fully saturated rings. The van der Waals surface area contributed by atoms with E-state index < -0.39 is 0 Å². The van der Waals surface area contributed by atoms with Crippen LogP contribution in [0.5, 0.6) is 0 Å². The van der Waals surface area contributed by atoms with Gasteiger partial charge in [0.05, 0.1) is 0 Å². The van der Waals surface area contributed by atoms with E-state index in [4.69, 9.17) is 5.73 Å². The number of anilines is 1. The van der Waals surface area contributed by atoms with Gasteiger partial charge < -0.3 is 11.1 Å². The predicted molar refractivity (Wildman–Crippen MR) is 85.1 cm³/mol. The molecule has 0 atom stereocenters. The Morgan fingerprint density at radius 2 is 1.84 bits per heavy atom. The molecule has 0 aliphatic heterocycles. The summed E-state index contributed by atoms with van der Waals surface area (Å²) in [6.45, 7) is 4.01. The zero-order valence-corrected chi connectivity index (χ0v) is 12.7. The second-order valence-corrected chi connectivity index (χ2v) is 5.65. The number of hydrogen-bond acceptors (Lipinski definition) is 2. The fourth-order valence-electron chi connectivity index (χ4n) is 2.00. The van der Waals surface area contributed by atoms with Crippen molar-refractivity contribution >= 4 is 21.6 Å². The second kappa shape index (κ2) is 6.73. The van der Waals surface area contributed by atoms with Crippen molar-refractivity contribution < 1.29 is 0 Å². The molecule has 0 saturated carbocycles. The Kier molecular flexibility index (Phi) is 5.00. The van der Waals surface area contributed by atoms with Crippen molar-refractivity contribution in [2.75, 3.05) is 12.3 Å². The molecule has 0 amide bonds. The van der Waals surface area contributed by atoms with Crippen LogP contribution in [0.15, 0.2) is 46.9 Å². The van der Waals surface area contributed by atoms with Gasteiger partial charge in [0.1, 0.15) is 0 Å². The molecule has 0 aliphatic rings. The number of rotatable bonds is 5. The first-order valence-electron chi connectivity index (χ1n) is 6.45. The number of nitrogens with one attached hydrogen (secondary N) is 1. The topological polar surface area (TPSA) is 38.0 Å². The van der Waals surface area contributed by atoms with Crippen molar-refractivity contribution in [3.8, 4) is 0 Å². The van der Waals surface area contributed by atoms with Crippen LogP contribution in [0.2, 0.25) is 0 Å². The molecule has 0 unspecified atom stereocenters. The van der Waals surface area contributed by atoms with E-state index >= 15 is 0 Å². The van der Waals surface area contributed by atoms with E-state index in [0.717, 1.165) is 29.7 Å². The minimum absolute atomic E-state index is 0.813. The molecule has 0 aromatic heterocycles. The molecule has 100 valence electrons. The number of nitrogen functional groups attached to an aromatic ring is 1. The fourth-order valence-corrected chi connectivity index (χ4v) is 2.41. The fraction of sp³-hybridized carbons (Fsp3) is 0.250. The molecule has 2 rings (SSSR count). The zero-order valence-electron chi connectivity index (χ0n) is 11.1. The third-order valence-corrected chi connectivity index (χ3v) is 3.68. The summed E-state index contributed by atoms with van der Waals surface area (Å²) in [5.74, 6) is 0. The molecule has 19 heavy (non-hydrogen) atoms. The van der Waals surface area contributed by atoms with Crippen LogP contribution < -0.4 is 11.1 Å². The number of hydrogen-bond donors (Lipinski definition) is 2. The SMILES string of the molecule is Cc1ccc(Br)cc1CCNCc1ccc(N)cc1. The highest BCUT2D eigenvalue weighted by molar-refractivity contribution is 9.10. The van der Waals surface area contributed by atoms with Gasteiger partial charge in [0.15, 0.2) is 0 Å². The lowest BCUT2D eigenvalue weighted by atomic mass is 10.1. The third-order valence-electron chi connectivity index (χ3n) is 3.19. The van der Waals surface area contributed by atoms with Crippen molar-refractivity contribution in [2.45, 2.75) is 19.9 Å². The van der Waals surface area contributed by atoms with Crippen LogP contribution in [-0.4, -0.2) is 6.54 Å². The van der Waals surface area contributed by atoms with Crippen LogP contribution in [0, 0.1) is 6.92 Å². The lowest BCUT2D eigenvalue weighted by molar-refractivity contribution is 0.685. The minimum Gasteiger partial charge on any atom is -0.399 e. The molecule has 0 radical (unpaired) electrons. The lowest BCUT2D eigenvalue weighted by Crippen LogP contribution is -2.17. The molecular formula is C16H19BrN2. The molecule has 0 bridgehead atoms. The van der Waals surface area contributed by atoms with E-state index in [2.05, 4.69) is 58.5 Å². The highest BCUT2D eigenvalue weighted by Gasteiger charge is 1.99. The Labute approximate surface area is 123 Å². The summed E-state index contributed by atoms with van der Waals surface area (Å²) < 4.78 is 1.15. The van der Waals surface area contributed by atoms with Gasteiger partial charge in [-0.05, 0) is 60.8 Å². The standard InChI is InChI=1S/C16H19BrN2/c1-12-2-5-15(17)10-14(12)8-9-19-11-13-3-6-16(18)7-4-13/h2-7,10,19H,8-9,11,18H2,1H3. The molecule has 0 aliphatic carbocycles. The maximum Gasteiger partial charge on any atom is 0.0314 e. The summed E-state index contributed by atoms with van der Waals surface area (Å²) in [5.41, 5.74) is 10.5. The van der Waals surface area contributed by atoms with E-state index in [1.807, 2.05) is 12.1 Å². The molecule has 3 N–H and O–H groups in total. The zero-order chi connectivity index (χ0) is 13.7. The highest BCUT2D eigenvalue weighted by atomic mass is 79.9. The van der Waals surface area contributed by atoms with Crippen molar-refractivity contribution in [1.29, 1.82) is 0 Å². The smallest absolute Gasteiger partial charge is 0.0314 e. The lowest BCUT2D eigenvalue weighted by Gasteiger charge is -2.08. The minimum atomic E-state index is 0.813. The summed E-state index contributed by atoms with van der Waals surface area (Å²) in [5, 5.41) is 3.46. The van der Waals surface area contributed by atoms with E-state index in [0.29, 0.717) is 0 Å². The van der Waals surface area contributed by atoms with Gasteiger partial charge >= 0.3 is 0 Å². The van der Waals surface area contributed by atoms with Gasteiger partial charge in [0.2, 0.25) is 0 Å². The Morgan fingerprint density at radius 3 is 2.58 bits per heavy atom. The Morgan fingerprint density at radius 1 is 1.11 bits per heavy atom. The van der Waals surface area contributed by atoms with E-state index in [-0.39, 0.29) is 0 Å². The molecular weight excluding hydrogens is 300 g/mol. The summed E-state index contributed by atoms with van der Waals surface area (Å²) in [4.78, 5) is 0. The molecule has 2 aromatic carbocycles. The maximum absolute atomic E-state index is 5.66. The molecule has 3 heteroatoms. The molecule has 0 saturated heterocycles. The average molecular weight is 319 g/mol. The molecule has 2 nitrogen and oxygen atoms in total. The summed E-state index contributed by atoms with van der Waals surface area (Å²) in [6.07, 6.45) is 1.04. The first-order valence-corrected chi connectivity index (χ1v) is 7.24. The van der Waals surface area contributed by atoms with Gasteiger partial charge in [-0.1, -0.05) is 34.1 Å². The van der Waals surface area contributed by atoms with Crippen LogP contribution in [0.4, 0.5) is 5.69 Å². The highest BCUT2D eigenvalue weighted by Crippen LogP contribution is 2.16. The number of benzene rings is 2. The second-order valence-electron chi connectivity index (χ2n) is 4.74.